The number of nitrogens with one attached hydrogen (secondary N) is 2. The lowest BCUT2D eigenvalue weighted by molar-refractivity contribution is -0.184. The summed E-state index contributed by atoms with van der Waals surface area (Å²) in [6.07, 6.45) is -6.97. The highest BCUT2D eigenvalue weighted by Gasteiger charge is 2.40. The van der Waals surface area contributed by atoms with Gasteiger partial charge < -0.3 is 20.5 Å². The summed E-state index contributed by atoms with van der Waals surface area (Å²) in [6.45, 7) is 1.23. The number of carboxylic acids is 1. The van der Waals surface area contributed by atoms with E-state index in [9.17, 15) is 27.6 Å². The van der Waals surface area contributed by atoms with Gasteiger partial charge in [-0.1, -0.05) is 55.5 Å². The average Bonchev–Trinajstić information content (AvgIpc) is 3.13. The third kappa shape index (κ3) is 6.74. The first-order valence-electron chi connectivity index (χ1n) is 11.2. The number of carboxylic acid groups (broad SMARTS) is 1. The van der Waals surface area contributed by atoms with Crippen LogP contribution in [0.15, 0.2) is 48.5 Å². The SMILES string of the molecule is CC(CNC(=O)OCC1c2ccccc2-c2ccccc21)C(=O)NCCC(CC(=O)O)C(F)(F)F. The molecule has 0 aliphatic heterocycles. The Hall–Kier alpha value is -3.56. The molecule has 35 heavy (non-hydrogen) atoms. The second-order valence-electron chi connectivity index (χ2n) is 8.52. The highest BCUT2D eigenvalue weighted by Crippen LogP contribution is 2.44. The van der Waals surface area contributed by atoms with E-state index in [0.29, 0.717) is 0 Å². The van der Waals surface area contributed by atoms with Crippen molar-refractivity contribution in [3.05, 3.63) is 59.7 Å². The van der Waals surface area contributed by atoms with Crippen LogP contribution in [-0.4, -0.2) is 48.9 Å². The molecule has 0 aromatic heterocycles. The van der Waals surface area contributed by atoms with Crippen molar-refractivity contribution in [3.63, 3.8) is 0 Å². The number of halogens is 3. The molecule has 0 spiro atoms. The average molecular weight is 492 g/mol. The van der Waals surface area contributed by atoms with Crippen LogP contribution < -0.4 is 10.6 Å². The Kier molecular flexibility index (Phi) is 8.37. The number of rotatable bonds is 10. The molecular weight excluding hydrogens is 465 g/mol. The Morgan fingerprint density at radius 1 is 1.00 bits per heavy atom. The van der Waals surface area contributed by atoms with E-state index in [-0.39, 0.29) is 25.6 Å². The monoisotopic (exact) mass is 492 g/mol. The molecule has 0 saturated heterocycles. The first kappa shape index (κ1) is 26.1. The summed E-state index contributed by atoms with van der Waals surface area (Å²) in [6, 6.07) is 15.8. The van der Waals surface area contributed by atoms with E-state index in [2.05, 4.69) is 10.6 Å². The van der Waals surface area contributed by atoms with Gasteiger partial charge in [-0.25, -0.2) is 4.79 Å². The molecule has 0 bridgehead atoms. The van der Waals surface area contributed by atoms with Crippen LogP contribution in [-0.2, 0) is 14.3 Å². The highest BCUT2D eigenvalue weighted by molar-refractivity contribution is 5.80. The fourth-order valence-electron chi connectivity index (χ4n) is 4.11. The van der Waals surface area contributed by atoms with E-state index < -0.39 is 48.8 Å². The summed E-state index contributed by atoms with van der Waals surface area (Å²) in [5.74, 6) is -4.99. The molecular formula is C25H27F3N2O5. The first-order chi connectivity index (χ1) is 16.6. The number of hydrogen-bond acceptors (Lipinski definition) is 4. The van der Waals surface area contributed by atoms with Crippen molar-refractivity contribution in [1.29, 1.82) is 0 Å². The van der Waals surface area contributed by atoms with Gasteiger partial charge in [-0.2, -0.15) is 13.2 Å². The molecule has 3 N–H and O–H groups in total. The molecule has 0 radical (unpaired) electrons. The second-order valence-corrected chi connectivity index (χ2v) is 8.52. The summed E-state index contributed by atoms with van der Waals surface area (Å²) in [5.41, 5.74) is 4.32. The van der Waals surface area contributed by atoms with Crippen LogP contribution in [0, 0.1) is 11.8 Å². The van der Waals surface area contributed by atoms with Crippen molar-refractivity contribution in [2.45, 2.75) is 31.9 Å². The molecule has 1 aliphatic carbocycles. The molecule has 7 nitrogen and oxygen atoms in total. The lowest BCUT2D eigenvalue weighted by Gasteiger charge is -2.19. The number of carbonyl (C=O) groups excluding carboxylic acids is 2. The highest BCUT2D eigenvalue weighted by atomic mass is 19.4. The number of alkyl halides is 3. The third-order valence-corrected chi connectivity index (χ3v) is 6.02. The Labute approximate surface area is 200 Å². The lowest BCUT2D eigenvalue weighted by atomic mass is 9.98. The fourth-order valence-corrected chi connectivity index (χ4v) is 4.11. The van der Waals surface area contributed by atoms with Crippen molar-refractivity contribution >= 4 is 18.0 Å². The Balaban J connectivity index is 1.44. The smallest absolute Gasteiger partial charge is 0.407 e. The summed E-state index contributed by atoms with van der Waals surface area (Å²) in [5, 5.41) is 13.5. The van der Waals surface area contributed by atoms with Gasteiger partial charge in [0.2, 0.25) is 5.91 Å². The van der Waals surface area contributed by atoms with Crippen LogP contribution in [0.4, 0.5) is 18.0 Å². The van der Waals surface area contributed by atoms with Gasteiger partial charge in [-0.15, -0.1) is 0 Å². The van der Waals surface area contributed by atoms with Crippen molar-refractivity contribution in [2.75, 3.05) is 19.7 Å². The molecule has 2 unspecified atom stereocenters. The molecule has 3 rings (SSSR count). The predicted molar refractivity (Wildman–Crippen MR) is 122 cm³/mol. The maximum atomic E-state index is 12.9. The minimum atomic E-state index is -4.67. The van der Waals surface area contributed by atoms with Crippen molar-refractivity contribution < 1.29 is 37.4 Å². The maximum absolute atomic E-state index is 12.9. The normalized spacial score (nSPS) is 14.4. The van der Waals surface area contributed by atoms with E-state index in [4.69, 9.17) is 9.84 Å². The number of carbonyl (C=O) groups is 3. The van der Waals surface area contributed by atoms with Gasteiger partial charge in [0.25, 0.3) is 0 Å². The lowest BCUT2D eigenvalue weighted by Crippen LogP contribution is -2.39. The number of alkyl carbamates (subject to hydrolysis) is 1. The first-order valence-corrected chi connectivity index (χ1v) is 11.2. The van der Waals surface area contributed by atoms with Crippen LogP contribution in [0.25, 0.3) is 11.1 Å². The van der Waals surface area contributed by atoms with Crippen molar-refractivity contribution in [1.82, 2.24) is 10.6 Å². The minimum Gasteiger partial charge on any atom is -0.481 e. The van der Waals surface area contributed by atoms with Crippen molar-refractivity contribution in [3.8, 4) is 11.1 Å². The summed E-state index contributed by atoms with van der Waals surface area (Å²) >= 11 is 0. The number of ether oxygens (including phenoxy) is 1. The van der Waals surface area contributed by atoms with E-state index in [1.54, 1.807) is 0 Å². The van der Waals surface area contributed by atoms with Crippen LogP contribution in [0.3, 0.4) is 0 Å². The third-order valence-electron chi connectivity index (χ3n) is 6.02. The van der Waals surface area contributed by atoms with Crippen molar-refractivity contribution in [2.24, 2.45) is 11.8 Å². The summed E-state index contributed by atoms with van der Waals surface area (Å²) in [4.78, 5) is 35.0. The van der Waals surface area contributed by atoms with Gasteiger partial charge in [0.1, 0.15) is 6.61 Å². The van der Waals surface area contributed by atoms with E-state index in [1.165, 1.54) is 6.92 Å². The Morgan fingerprint density at radius 3 is 2.11 bits per heavy atom. The van der Waals surface area contributed by atoms with Crippen LogP contribution >= 0.6 is 0 Å². The Morgan fingerprint density at radius 2 is 1.57 bits per heavy atom. The fraction of sp³-hybridized carbons (Fsp3) is 0.400. The zero-order chi connectivity index (χ0) is 25.6. The van der Waals surface area contributed by atoms with Gasteiger partial charge in [0.05, 0.1) is 18.3 Å². The van der Waals surface area contributed by atoms with Gasteiger partial charge >= 0.3 is 18.2 Å². The molecule has 0 heterocycles. The number of benzene rings is 2. The van der Waals surface area contributed by atoms with E-state index >= 15 is 0 Å². The molecule has 10 heteroatoms. The molecule has 2 amide bonds. The molecule has 2 aromatic carbocycles. The van der Waals surface area contributed by atoms with Crippen LogP contribution in [0.1, 0.15) is 36.8 Å². The zero-order valence-electron chi connectivity index (χ0n) is 19.1. The number of amides is 2. The quantitative estimate of drug-likeness (QED) is 0.458. The van der Waals surface area contributed by atoms with Gasteiger partial charge in [0.15, 0.2) is 0 Å². The molecule has 2 atom stereocenters. The summed E-state index contributed by atoms with van der Waals surface area (Å²) in [7, 11) is 0. The van der Waals surface area contributed by atoms with E-state index in [1.807, 2.05) is 48.5 Å². The molecule has 0 saturated carbocycles. The molecule has 1 aliphatic rings. The zero-order valence-corrected chi connectivity index (χ0v) is 19.1. The molecule has 188 valence electrons. The standard InChI is InChI=1S/C25H27F3N2O5/c1-15(23(33)29-11-10-16(12-22(31)32)25(26,27)28)13-30-24(34)35-14-21-19-8-4-2-6-17(19)18-7-3-5-9-20(18)21/h2-9,15-16,21H,10-14H2,1H3,(H,29,33)(H,30,34)(H,31,32). The number of fused-ring (bicyclic) bond motifs is 3. The van der Waals surface area contributed by atoms with Crippen LogP contribution in [0.5, 0.6) is 0 Å². The summed E-state index contributed by atoms with van der Waals surface area (Å²) < 4.78 is 44.0. The van der Waals surface area contributed by atoms with Gasteiger partial charge in [0, 0.05) is 19.0 Å². The molecule has 0 fully saturated rings. The largest absolute Gasteiger partial charge is 0.481 e. The maximum Gasteiger partial charge on any atom is 0.407 e. The Bertz CT molecular complexity index is 1030. The predicted octanol–water partition coefficient (Wildman–Crippen LogP) is 4.32. The molecule has 2 aromatic rings. The van der Waals surface area contributed by atoms with E-state index in [0.717, 1.165) is 22.3 Å². The topological polar surface area (TPSA) is 105 Å². The van der Waals surface area contributed by atoms with Gasteiger partial charge in [-0.3, -0.25) is 9.59 Å². The minimum absolute atomic E-state index is 0.0691. The van der Waals surface area contributed by atoms with Crippen LogP contribution in [0.2, 0.25) is 0 Å². The second kappa shape index (κ2) is 11.2. The number of aliphatic carboxylic acids is 1. The van der Waals surface area contributed by atoms with Gasteiger partial charge in [-0.05, 0) is 28.7 Å². The number of hydrogen-bond donors (Lipinski definition) is 3.